The Bertz CT molecular complexity index is 1290. The summed E-state index contributed by atoms with van der Waals surface area (Å²) in [5.41, 5.74) is 12.9. The molecule has 1 unspecified atom stereocenters. The van der Waals surface area contributed by atoms with Gasteiger partial charge in [-0.3, -0.25) is 0 Å². The van der Waals surface area contributed by atoms with Crippen LogP contribution in [0.15, 0.2) is 56.9 Å². The number of benzene rings is 2. The molecule has 0 nitrogen and oxygen atoms in total. The molecule has 1 atom stereocenters. The minimum absolute atomic E-state index is 0. The van der Waals surface area contributed by atoms with E-state index < -0.39 is 21.3 Å². The van der Waals surface area contributed by atoms with Gasteiger partial charge in [0.05, 0.1) is 0 Å². The van der Waals surface area contributed by atoms with Gasteiger partial charge in [0, 0.05) is 0 Å². The summed E-state index contributed by atoms with van der Waals surface area (Å²) in [6.07, 6.45) is 9.64. The van der Waals surface area contributed by atoms with E-state index in [0.717, 1.165) is 0 Å². The molecule has 0 saturated heterocycles. The van der Waals surface area contributed by atoms with Crippen molar-refractivity contribution in [3.05, 3.63) is 79.2 Å². The molecule has 40 heavy (non-hydrogen) atoms. The maximum absolute atomic E-state index is 2.64. The van der Waals surface area contributed by atoms with E-state index in [-0.39, 0.29) is 35.6 Å². The number of allylic oxidation sites excluding steroid dienone is 4. The largest absolute Gasteiger partial charge is 1.00 e. The monoisotopic (exact) mass is 654 g/mol. The molecule has 3 heteroatoms. The van der Waals surface area contributed by atoms with Crippen molar-refractivity contribution in [3.63, 3.8) is 0 Å². The van der Waals surface area contributed by atoms with Crippen molar-refractivity contribution in [2.75, 3.05) is 0 Å². The van der Waals surface area contributed by atoms with Gasteiger partial charge in [-0.25, -0.2) is 0 Å². The molecule has 0 aliphatic heterocycles. The second kappa shape index (κ2) is 12.5. The Morgan fingerprint density at radius 3 is 1.62 bits per heavy atom. The zero-order chi connectivity index (χ0) is 27.6. The molecule has 3 aliphatic carbocycles. The predicted molar refractivity (Wildman–Crippen MR) is 164 cm³/mol. The topological polar surface area (TPSA) is 0 Å². The van der Waals surface area contributed by atoms with Gasteiger partial charge in [-0.2, -0.15) is 0 Å². The van der Waals surface area contributed by atoms with E-state index in [4.69, 9.17) is 0 Å². The Morgan fingerprint density at radius 1 is 0.750 bits per heavy atom. The SMILES string of the molecule is CC1=[C]([Zr+2](=[C]2CCCCC2)[CH]2c3ccc(C(C)(C)C)cc3-c3cc(C(C)(C)C)ccc32)C(C)C=C1C(C)C.[Cl-].[Cl-]. The fourth-order valence-corrected chi connectivity index (χ4v) is 17.8. The van der Waals surface area contributed by atoms with E-state index in [9.17, 15) is 0 Å². The van der Waals surface area contributed by atoms with Crippen LogP contribution in [0.5, 0.6) is 0 Å². The second-order valence-electron chi connectivity index (χ2n) is 14.7. The molecule has 0 radical (unpaired) electrons. The summed E-state index contributed by atoms with van der Waals surface area (Å²) in [6.45, 7) is 24.0. The maximum Gasteiger partial charge on any atom is -1.00 e. The molecule has 0 N–H and O–H groups in total. The molecule has 2 aromatic rings. The van der Waals surface area contributed by atoms with Crippen molar-refractivity contribution in [2.24, 2.45) is 11.8 Å². The number of halogens is 2. The zero-order valence-corrected chi connectivity index (χ0v) is 30.5. The molecule has 5 rings (SSSR count). The minimum atomic E-state index is -2.28. The summed E-state index contributed by atoms with van der Waals surface area (Å²) in [4.78, 5) is 0. The van der Waals surface area contributed by atoms with Gasteiger partial charge in [0.25, 0.3) is 0 Å². The molecule has 1 saturated carbocycles. The number of hydrogen-bond donors (Lipinski definition) is 0. The number of rotatable bonds is 3. The van der Waals surface area contributed by atoms with Gasteiger partial charge in [0.1, 0.15) is 0 Å². The molecular formula is C37H50Cl2Zr. The van der Waals surface area contributed by atoms with Crippen LogP contribution in [0.1, 0.15) is 127 Å². The van der Waals surface area contributed by atoms with Crippen LogP contribution < -0.4 is 24.8 Å². The summed E-state index contributed by atoms with van der Waals surface area (Å²) in [7, 11) is 0. The Hall–Kier alpha value is -0.747. The van der Waals surface area contributed by atoms with Crippen LogP contribution in [-0.2, 0) is 32.1 Å². The normalized spacial score (nSPS) is 19.0. The fraction of sp³-hybridized carbons (Fsp3) is 0.541. The minimum Gasteiger partial charge on any atom is -1.00 e. The third-order valence-electron chi connectivity index (χ3n) is 9.51. The molecule has 2 aromatic carbocycles. The summed E-state index contributed by atoms with van der Waals surface area (Å²) < 4.78 is 4.55. The summed E-state index contributed by atoms with van der Waals surface area (Å²) in [5.74, 6) is 1.22. The molecule has 3 aliphatic rings. The van der Waals surface area contributed by atoms with Gasteiger partial charge < -0.3 is 24.8 Å². The van der Waals surface area contributed by atoms with Gasteiger partial charge in [-0.1, -0.05) is 0 Å². The first-order valence-corrected chi connectivity index (χ1v) is 19.1. The smallest absolute Gasteiger partial charge is 1.00 e. The first-order chi connectivity index (χ1) is 17.8. The van der Waals surface area contributed by atoms with Crippen LogP contribution in [0, 0.1) is 11.8 Å². The third kappa shape index (κ3) is 6.15. The molecule has 1 fully saturated rings. The Kier molecular flexibility index (Phi) is 10.5. The first-order valence-electron chi connectivity index (χ1n) is 15.2. The van der Waals surface area contributed by atoms with Crippen molar-refractivity contribution < 1.29 is 46.1 Å². The Balaban J connectivity index is 0.00000220. The van der Waals surface area contributed by atoms with E-state index in [2.05, 4.69) is 112 Å². The second-order valence-corrected chi connectivity index (χ2v) is 21.2. The van der Waals surface area contributed by atoms with Gasteiger partial charge >= 0.3 is 242 Å². The molecule has 0 bridgehead atoms. The van der Waals surface area contributed by atoms with Gasteiger partial charge in [-0.05, 0) is 0 Å². The average Bonchev–Trinajstić information content (AvgIpc) is 3.33. The molecular weight excluding hydrogens is 607 g/mol. The zero-order valence-electron chi connectivity index (χ0n) is 26.6. The quantitative estimate of drug-likeness (QED) is 0.453. The van der Waals surface area contributed by atoms with Crippen LogP contribution in [0.2, 0.25) is 0 Å². The van der Waals surface area contributed by atoms with Gasteiger partial charge in [0.2, 0.25) is 0 Å². The van der Waals surface area contributed by atoms with Gasteiger partial charge in [-0.15, -0.1) is 0 Å². The third-order valence-corrected chi connectivity index (χ3v) is 19.0. The predicted octanol–water partition coefficient (Wildman–Crippen LogP) is 4.62. The van der Waals surface area contributed by atoms with Gasteiger partial charge in [0.15, 0.2) is 0 Å². The standard InChI is InChI=1S/C21H25.C10H15.C6H10.2ClH.Zr/c1-20(2,3)16-9-7-14-11-15-8-10-17(21(4,5)6)13-19(15)18(14)12-16;1-7(2)10-6-8(3)5-9(10)4;1-2-4-6-5-3-1;;;/h7-13H,1-6H3;6-8H,1-4H3;1-5H2;2*1H;/q;;;;;+2/p-2. The molecule has 0 heterocycles. The maximum atomic E-state index is 2.64. The molecule has 0 aromatic heterocycles. The van der Waals surface area contributed by atoms with Crippen molar-refractivity contribution in [2.45, 2.75) is 116 Å². The van der Waals surface area contributed by atoms with Crippen molar-refractivity contribution in [3.8, 4) is 11.1 Å². The van der Waals surface area contributed by atoms with Crippen LogP contribution in [-0.4, -0.2) is 3.21 Å². The summed E-state index contributed by atoms with van der Waals surface area (Å²) in [6, 6.07) is 15.2. The number of fused-ring (bicyclic) bond motifs is 3. The van der Waals surface area contributed by atoms with Crippen molar-refractivity contribution in [1.29, 1.82) is 0 Å². The van der Waals surface area contributed by atoms with Crippen LogP contribution in [0.25, 0.3) is 11.1 Å². The van der Waals surface area contributed by atoms with E-state index in [1.54, 1.807) is 33.4 Å². The Labute approximate surface area is 265 Å². The fourth-order valence-electron chi connectivity index (χ4n) is 7.34. The van der Waals surface area contributed by atoms with Crippen LogP contribution in [0.3, 0.4) is 0 Å². The van der Waals surface area contributed by atoms with Crippen LogP contribution in [0.4, 0.5) is 0 Å². The molecule has 0 spiro atoms. The average molecular weight is 657 g/mol. The van der Waals surface area contributed by atoms with Crippen LogP contribution >= 0.6 is 0 Å². The Morgan fingerprint density at radius 2 is 1.23 bits per heavy atom. The van der Waals surface area contributed by atoms with E-state index in [0.29, 0.717) is 15.5 Å². The van der Waals surface area contributed by atoms with Crippen molar-refractivity contribution >= 4 is 3.21 Å². The summed E-state index contributed by atoms with van der Waals surface area (Å²) >= 11 is -2.28. The molecule has 0 amide bonds. The van der Waals surface area contributed by atoms with E-state index in [1.165, 1.54) is 43.2 Å². The van der Waals surface area contributed by atoms with E-state index in [1.807, 2.05) is 6.49 Å². The summed E-state index contributed by atoms with van der Waals surface area (Å²) in [5, 5.41) is 0. The van der Waals surface area contributed by atoms with Crippen molar-refractivity contribution in [1.82, 2.24) is 0 Å². The molecule has 216 valence electrons. The van der Waals surface area contributed by atoms with E-state index >= 15 is 0 Å². The number of hydrogen-bond acceptors (Lipinski definition) is 0. The first kappa shape index (κ1) is 33.8.